The summed E-state index contributed by atoms with van der Waals surface area (Å²) >= 11 is 3.68. The topological polar surface area (TPSA) is 80.3 Å². The van der Waals surface area contributed by atoms with Crippen LogP contribution < -0.4 is 18.9 Å². The fourth-order valence-corrected chi connectivity index (χ4v) is 6.58. The van der Waals surface area contributed by atoms with Gasteiger partial charge < -0.3 is 23.7 Å². The third-order valence-corrected chi connectivity index (χ3v) is 8.66. The zero-order valence-corrected chi connectivity index (χ0v) is 25.8. The van der Waals surface area contributed by atoms with Crippen LogP contribution in [0.2, 0.25) is 0 Å². The number of halogens is 1. The van der Waals surface area contributed by atoms with Crippen molar-refractivity contribution in [2.24, 2.45) is 0 Å². The number of Topliss-reactive ketones (excluding diaryl/α,β-unsaturated/α-hetero) is 2. The molecule has 1 heterocycles. The lowest BCUT2D eigenvalue weighted by Gasteiger charge is -2.36. The van der Waals surface area contributed by atoms with E-state index in [9.17, 15) is 9.59 Å². The van der Waals surface area contributed by atoms with E-state index in [1.807, 2.05) is 60.7 Å². The molecule has 2 aliphatic carbocycles. The molecule has 0 saturated carbocycles. The highest BCUT2D eigenvalue weighted by Crippen LogP contribution is 2.50. The van der Waals surface area contributed by atoms with Gasteiger partial charge in [-0.25, -0.2) is 0 Å². The van der Waals surface area contributed by atoms with Crippen molar-refractivity contribution in [1.29, 1.82) is 0 Å². The summed E-state index contributed by atoms with van der Waals surface area (Å²) in [6.45, 7) is 0.688. The van der Waals surface area contributed by atoms with Crippen LogP contribution in [-0.2, 0) is 27.5 Å². The summed E-state index contributed by atoms with van der Waals surface area (Å²) in [5.41, 5.74) is 3.95. The molecule has 0 fully saturated rings. The average Bonchev–Trinajstić information content (AvgIpc) is 3.03. The van der Waals surface area contributed by atoms with Crippen molar-refractivity contribution in [3.05, 3.63) is 104 Å². The van der Waals surface area contributed by atoms with Crippen molar-refractivity contribution in [1.82, 2.24) is 0 Å². The summed E-state index contributed by atoms with van der Waals surface area (Å²) in [6, 6.07) is 19.5. The number of methoxy groups -OCH3 is 2. The minimum absolute atomic E-state index is 0.0386. The van der Waals surface area contributed by atoms with Crippen molar-refractivity contribution in [3.8, 4) is 23.0 Å². The molecule has 43 heavy (non-hydrogen) atoms. The zero-order chi connectivity index (χ0) is 29.9. The number of allylic oxidation sites excluding steroid dienone is 4. The van der Waals surface area contributed by atoms with Crippen molar-refractivity contribution in [2.45, 2.75) is 57.7 Å². The van der Waals surface area contributed by atoms with E-state index in [2.05, 4.69) is 15.9 Å². The quantitative estimate of drug-likeness (QED) is 0.236. The normalized spacial score (nSPS) is 16.8. The molecule has 0 unspecified atom stereocenters. The summed E-state index contributed by atoms with van der Waals surface area (Å²) in [5.74, 6) is 3.29. The molecule has 0 atom stereocenters. The van der Waals surface area contributed by atoms with Gasteiger partial charge in [-0.1, -0.05) is 36.4 Å². The molecule has 222 valence electrons. The molecule has 0 spiro atoms. The molecular formula is C35H33BrO7. The number of benzene rings is 3. The van der Waals surface area contributed by atoms with Gasteiger partial charge in [-0.2, -0.15) is 0 Å². The van der Waals surface area contributed by atoms with Crippen LogP contribution in [0.5, 0.6) is 23.0 Å². The smallest absolute Gasteiger partial charge is 0.175 e. The fraction of sp³-hybridized carbons (Fsp3) is 0.314. The number of carbonyl (C=O) groups excluding carboxylic acids is 2. The van der Waals surface area contributed by atoms with Crippen LogP contribution in [0.1, 0.15) is 61.1 Å². The Balaban J connectivity index is 1.26. The van der Waals surface area contributed by atoms with Gasteiger partial charge in [0.15, 0.2) is 34.6 Å². The van der Waals surface area contributed by atoms with Gasteiger partial charge in [-0.05, 0) is 69.7 Å². The predicted molar refractivity (Wildman–Crippen MR) is 164 cm³/mol. The maximum atomic E-state index is 13.2. The molecular weight excluding hydrogens is 612 g/mol. The first-order valence-electron chi connectivity index (χ1n) is 14.5. The number of ketones is 2. The second-order valence-corrected chi connectivity index (χ2v) is 11.7. The maximum Gasteiger partial charge on any atom is 0.175 e. The Morgan fingerprint density at radius 1 is 0.721 bits per heavy atom. The van der Waals surface area contributed by atoms with Crippen LogP contribution in [0.15, 0.2) is 87.8 Å². The van der Waals surface area contributed by atoms with E-state index >= 15 is 0 Å². The second-order valence-electron chi connectivity index (χ2n) is 10.8. The van der Waals surface area contributed by atoms with E-state index in [0.717, 1.165) is 29.5 Å². The zero-order valence-electron chi connectivity index (χ0n) is 24.2. The number of rotatable bonds is 9. The lowest BCUT2D eigenvalue weighted by molar-refractivity contribution is -0.117. The summed E-state index contributed by atoms with van der Waals surface area (Å²) in [7, 11) is 3.19. The molecule has 1 aliphatic heterocycles. The van der Waals surface area contributed by atoms with Gasteiger partial charge >= 0.3 is 0 Å². The van der Waals surface area contributed by atoms with Crippen molar-refractivity contribution >= 4 is 27.5 Å². The van der Waals surface area contributed by atoms with Gasteiger partial charge in [-0.15, -0.1) is 0 Å². The minimum atomic E-state index is -0.480. The largest absolute Gasteiger partial charge is 0.493 e. The van der Waals surface area contributed by atoms with Gasteiger partial charge in [0, 0.05) is 42.7 Å². The fourth-order valence-electron chi connectivity index (χ4n) is 6.01. The third kappa shape index (κ3) is 5.93. The maximum absolute atomic E-state index is 13.2. The SMILES string of the molecule is COc1cc(COc2c(Br)cc(C3C4=C(CCCC4=O)OC4=C3C(=O)CCC4)cc2OC)ccc1OCc1ccccc1. The molecule has 7 nitrogen and oxygen atoms in total. The lowest BCUT2D eigenvalue weighted by atomic mass is 9.73. The van der Waals surface area contributed by atoms with E-state index in [0.29, 0.717) is 82.4 Å². The first-order chi connectivity index (χ1) is 21.0. The van der Waals surface area contributed by atoms with Crippen molar-refractivity contribution in [2.75, 3.05) is 14.2 Å². The first-order valence-corrected chi connectivity index (χ1v) is 15.3. The summed E-state index contributed by atoms with van der Waals surface area (Å²) in [6.07, 6.45) is 3.81. The van der Waals surface area contributed by atoms with Gasteiger partial charge in [0.05, 0.1) is 18.7 Å². The average molecular weight is 646 g/mol. The van der Waals surface area contributed by atoms with Gasteiger partial charge in [0.2, 0.25) is 0 Å². The van der Waals surface area contributed by atoms with E-state index in [4.69, 9.17) is 23.7 Å². The van der Waals surface area contributed by atoms with Crippen molar-refractivity contribution < 1.29 is 33.3 Å². The van der Waals surface area contributed by atoms with Crippen molar-refractivity contribution in [3.63, 3.8) is 0 Å². The van der Waals surface area contributed by atoms with Gasteiger partial charge in [0.25, 0.3) is 0 Å². The first kappa shape index (κ1) is 29.1. The number of hydrogen-bond acceptors (Lipinski definition) is 7. The third-order valence-electron chi connectivity index (χ3n) is 8.07. The highest BCUT2D eigenvalue weighted by atomic mass is 79.9. The van der Waals surface area contributed by atoms with E-state index in [-0.39, 0.29) is 18.2 Å². The van der Waals surface area contributed by atoms with Crippen LogP contribution in [0.4, 0.5) is 0 Å². The van der Waals surface area contributed by atoms with Crippen LogP contribution in [0.25, 0.3) is 0 Å². The van der Waals surface area contributed by atoms with Gasteiger partial charge in [-0.3, -0.25) is 9.59 Å². The molecule has 0 aromatic heterocycles. The molecule has 6 rings (SSSR count). The lowest BCUT2D eigenvalue weighted by Crippen LogP contribution is -2.30. The molecule has 3 aromatic rings. The van der Waals surface area contributed by atoms with Crippen LogP contribution in [0, 0.1) is 0 Å². The number of ether oxygens (including phenoxy) is 5. The highest BCUT2D eigenvalue weighted by Gasteiger charge is 2.42. The number of carbonyl (C=O) groups is 2. The van der Waals surface area contributed by atoms with Gasteiger partial charge in [0.1, 0.15) is 24.7 Å². The standard InChI is InChI=1S/C35H33BrO7/c1-39-30-16-22(14-15-27(30)41-19-21-8-4-3-5-9-21)20-42-35-24(36)17-23(18-31(35)40-2)32-33-25(37)10-6-12-28(33)43-29-13-7-11-26(38)34(29)32/h3-5,8-9,14-18,32H,6-7,10-13,19-20H2,1-2H3. The second kappa shape index (κ2) is 12.7. The molecule has 3 aliphatic rings. The summed E-state index contributed by atoms with van der Waals surface area (Å²) < 4.78 is 30.5. The van der Waals surface area contributed by atoms with E-state index in [1.165, 1.54) is 0 Å². The Morgan fingerprint density at radius 3 is 2.02 bits per heavy atom. The minimum Gasteiger partial charge on any atom is -0.493 e. The molecule has 0 N–H and O–H groups in total. The summed E-state index contributed by atoms with van der Waals surface area (Å²) in [4.78, 5) is 26.4. The Bertz CT molecular complexity index is 1580. The Hall–Kier alpha value is -4.04. The molecule has 0 saturated heterocycles. The van der Waals surface area contributed by atoms with Crippen LogP contribution >= 0.6 is 15.9 Å². The molecule has 0 amide bonds. The Kier molecular flexibility index (Phi) is 8.56. The Morgan fingerprint density at radius 2 is 1.37 bits per heavy atom. The molecule has 0 bridgehead atoms. The Labute approximate surface area is 259 Å². The monoisotopic (exact) mass is 644 g/mol. The predicted octanol–water partition coefficient (Wildman–Crippen LogP) is 7.75. The highest BCUT2D eigenvalue weighted by molar-refractivity contribution is 9.10. The number of hydrogen-bond donors (Lipinski definition) is 0. The summed E-state index contributed by atoms with van der Waals surface area (Å²) in [5, 5.41) is 0. The van der Waals surface area contributed by atoms with E-state index < -0.39 is 5.92 Å². The van der Waals surface area contributed by atoms with E-state index in [1.54, 1.807) is 14.2 Å². The molecule has 3 aromatic carbocycles. The van der Waals surface area contributed by atoms with Crippen LogP contribution in [-0.4, -0.2) is 25.8 Å². The molecule has 0 radical (unpaired) electrons. The molecule has 8 heteroatoms. The van der Waals surface area contributed by atoms with Crippen LogP contribution in [0.3, 0.4) is 0 Å².